The number of rotatable bonds is 6. The second-order valence-corrected chi connectivity index (χ2v) is 7.33. The molecule has 0 amide bonds. The van der Waals surface area contributed by atoms with Gasteiger partial charge in [0.2, 0.25) is 0 Å². The van der Waals surface area contributed by atoms with Crippen LogP contribution >= 0.6 is 0 Å². The van der Waals surface area contributed by atoms with Gasteiger partial charge in [0.1, 0.15) is 10.8 Å². The quantitative estimate of drug-likeness (QED) is 0.743. The van der Waals surface area contributed by atoms with E-state index in [1.165, 1.54) is 0 Å². The molecule has 0 spiro atoms. The van der Waals surface area contributed by atoms with E-state index in [4.69, 9.17) is 4.74 Å². The van der Waals surface area contributed by atoms with E-state index in [0.717, 1.165) is 46.1 Å². The third-order valence-corrected chi connectivity index (χ3v) is 5.42. The standard InChI is InChI=1S/C19H22N2O2S/c1-3-4-11-23-18-9-10-20-17(14(18)2)13-24(22)19-12-15-7-5-6-8-16(15)21-19/h5-10H,3-4,11-13H2,1-2H3. The predicted octanol–water partition coefficient (Wildman–Crippen LogP) is 4.10. The minimum Gasteiger partial charge on any atom is -0.493 e. The van der Waals surface area contributed by atoms with Crippen molar-refractivity contribution >= 4 is 21.5 Å². The van der Waals surface area contributed by atoms with E-state index in [9.17, 15) is 4.21 Å². The zero-order valence-corrected chi connectivity index (χ0v) is 14.9. The molecule has 0 fully saturated rings. The second-order valence-electron chi connectivity index (χ2n) is 5.88. The Kier molecular flexibility index (Phi) is 5.41. The van der Waals surface area contributed by atoms with Crippen molar-refractivity contribution in [3.05, 3.63) is 53.3 Å². The van der Waals surface area contributed by atoms with Gasteiger partial charge in [0.25, 0.3) is 0 Å². The van der Waals surface area contributed by atoms with Crippen molar-refractivity contribution in [1.82, 2.24) is 4.98 Å². The van der Waals surface area contributed by atoms with Gasteiger partial charge in [-0.15, -0.1) is 0 Å². The first-order chi connectivity index (χ1) is 11.7. The molecule has 1 unspecified atom stereocenters. The fourth-order valence-electron chi connectivity index (χ4n) is 2.63. The van der Waals surface area contributed by atoms with E-state index in [-0.39, 0.29) is 0 Å². The van der Waals surface area contributed by atoms with Crippen LogP contribution in [0.1, 0.15) is 36.6 Å². The molecule has 1 aromatic heterocycles. The molecule has 0 radical (unpaired) electrons. The van der Waals surface area contributed by atoms with Crippen LogP contribution < -0.4 is 4.74 Å². The molecule has 4 nitrogen and oxygen atoms in total. The fraction of sp³-hybridized carbons (Fsp3) is 0.368. The van der Waals surface area contributed by atoms with Crippen molar-refractivity contribution in [2.45, 2.75) is 38.9 Å². The van der Waals surface area contributed by atoms with E-state index < -0.39 is 10.8 Å². The number of nitrogens with zero attached hydrogens (tertiary/aromatic N) is 2. The monoisotopic (exact) mass is 342 g/mol. The third kappa shape index (κ3) is 3.73. The highest BCUT2D eigenvalue weighted by molar-refractivity contribution is 8.00. The van der Waals surface area contributed by atoms with E-state index in [0.29, 0.717) is 18.8 Å². The SMILES string of the molecule is CCCCOc1ccnc(CS(=O)C2=Nc3ccccc3C2)c1C. The number of benzene rings is 1. The van der Waals surface area contributed by atoms with Gasteiger partial charge >= 0.3 is 0 Å². The summed E-state index contributed by atoms with van der Waals surface area (Å²) >= 11 is 0. The maximum atomic E-state index is 12.7. The highest BCUT2D eigenvalue weighted by Crippen LogP contribution is 2.28. The summed E-state index contributed by atoms with van der Waals surface area (Å²) in [6, 6.07) is 9.82. The summed E-state index contributed by atoms with van der Waals surface area (Å²) in [5.74, 6) is 1.21. The highest BCUT2D eigenvalue weighted by Gasteiger charge is 2.20. The molecular formula is C19H22N2O2S. The number of pyridine rings is 1. The summed E-state index contributed by atoms with van der Waals surface area (Å²) in [5, 5.41) is 0.731. The minimum absolute atomic E-state index is 0.379. The van der Waals surface area contributed by atoms with Gasteiger partial charge in [0.15, 0.2) is 0 Å². The predicted molar refractivity (Wildman–Crippen MR) is 98.5 cm³/mol. The Hall–Kier alpha value is -2.01. The molecule has 2 aromatic rings. The van der Waals surface area contributed by atoms with Gasteiger partial charge < -0.3 is 4.74 Å². The molecule has 1 aromatic carbocycles. The van der Waals surface area contributed by atoms with Gasteiger partial charge in [-0.3, -0.25) is 9.19 Å². The maximum absolute atomic E-state index is 12.7. The molecule has 1 atom stereocenters. The number of hydrogen-bond donors (Lipinski definition) is 0. The molecule has 0 aliphatic carbocycles. The van der Waals surface area contributed by atoms with Crippen LogP contribution in [0.5, 0.6) is 5.75 Å². The first-order valence-electron chi connectivity index (χ1n) is 8.30. The molecule has 0 saturated heterocycles. The van der Waals surface area contributed by atoms with Crippen LogP contribution in [0.15, 0.2) is 41.5 Å². The Balaban J connectivity index is 1.70. The van der Waals surface area contributed by atoms with Crippen LogP contribution in [0.3, 0.4) is 0 Å². The zero-order valence-electron chi connectivity index (χ0n) is 14.1. The van der Waals surface area contributed by atoms with Gasteiger partial charge in [-0.1, -0.05) is 31.5 Å². The topological polar surface area (TPSA) is 51.5 Å². The lowest BCUT2D eigenvalue weighted by molar-refractivity contribution is 0.306. The van der Waals surface area contributed by atoms with Crippen molar-refractivity contribution in [3.63, 3.8) is 0 Å². The fourth-order valence-corrected chi connectivity index (χ4v) is 3.86. The first-order valence-corrected chi connectivity index (χ1v) is 9.62. The summed E-state index contributed by atoms with van der Waals surface area (Å²) in [4.78, 5) is 8.92. The van der Waals surface area contributed by atoms with Crippen LogP contribution in [0.4, 0.5) is 5.69 Å². The van der Waals surface area contributed by atoms with Gasteiger partial charge in [-0.25, -0.2) is 4.99 Å². The molecular weight excluding hydrogens is 320 g/mol. The zero-order chi connectivity index (χ0) is 16.9. The number of para-hydroxylation sites is 1. The lowest BCUT2D eigenvalue weighted by atomic mass is 10.2. The lowest BCUT2D eigenvalue weighted by Crippen LogP contribution is -2.12. The number of aromatic nitrogens is 1. The number of fused-ring (bicyclic) bond motifs is 1. The molecule has 24 heavy (non-hydrogen) atoms. The smallest absolute Gasteiger partial charge is 0.125 e. The first kappa shape index (κ1) is 16.8. The highest BCUT2D eigenvalue weighted by atomic mass is 32.2. The Morgan fingerprint density at radius 1 is 1.25 bits per heavy atom. The maximum Gasteiger partial charge on any atom is 0.125 e. The summed E-state index contributed by atoms with van der Waals surface area (Å²) in [7, 11) is -1.17. The van der Waals surface area contributed by atoms with Crippen molar-refractivity contribution in [3.8, 4) is 5.75 Å². The Morgan fingerprint density at radius 3 is 2.88 bits per heavy atom. The number of unbranched alkanes of at least 4 members (excludes halogenated alkanes) is 1. The van der Waals surface area contributed by atoms with Crippen LogP contribution in [0.2, 0.25) is 0 Å². The minimum atomic E-state index is -1.17. The number of ether oxygens (including phenoxy) is 1. The van der Waals surface area contributed by atoms with E-state index in [2.05, 4.69) is 16.9 Å². The molecule has 1 aliphatic heterocycles. The Morgan fingerprint density at radius 2 is 2.08 bits per heavy atom. The van der Waals surface area contributed by atoms with E-state index in [1.54, 1.807) is 6.20 Å². The molecule has 1 aliphatic rings. The van der Waals surface area contributed by atoms with Crippen LogP contribution in [0, 0.1) is 6.92 Å². The second kappa shape index (κ2) is 7.71. The van der Waals surface area contributed by atoms with E-state index >= 15 is 0 Å². The van der Waals surface area contributed by atoms with Crippen molar-refractivity contribution in [2.24, 2.45) is 4.99 Å². The molecule has 3 rings (SSSR count). The molecule has 2 heterocycles. The van der Waals surface area contributed by atoms with Crippen molar-refractivity contribution in [1.29, 1.82) is 0 Å². The summed E-state index contributed by atoms with van der Waals surface area (Å²) in [6.07, 6.45) is 4.51. The average molecular weight is 342 g/mol. The van der Waals surface area contributed by atoms with Gasteiger partial charge in [0.05, 0.1) is 34.5 Å². The summed E-state index contributed by atoms with van der Waals surface area (Å²) in [6.45, 7) is 4.82. The van der Waals surface area contributed by atoms with Gasteiger partial charge in [0, 0.05) is 18.2 Å². The largest absolute Gasteiger partial charge is 0.493 e. The molecule has 0 N–H and O–H groups in total. The lowest BCUT2D eigenvalue weighted by Gasteiger charge is -2.11. The van der Waals surface area contributed by atoms with Crippen LogP contribution in [0.25, 0.3) is 0 Å². The van der Waals surface area contributed by atoms with Gasteiger partial charge in [-0.2, -0.15) is 0 Å². The Labute approximate surface area is 145 Å². The van der Waals surface area contributed by atoms with Crippen molar-refractivity contribution in [2.75, 3.05) is 6.61 Å². The van der Waals surface area contributed by atoms with Crippen LogP contribution in [-0.4, -0.2) is 20.8 Å². The van der Waals surface area contributed by atoms with E-state index in [1.807, 2.05) is 37.3 Å². The van der Waals surface area contributed by atoms with Crippen LogP contribution in [-0.2, 0) is 23.0 Å². The average Bonchev–Trinajstić information content (AvgIpc) is 3.02. The number of hydrogen-bond acceptors (Lipinski definition) is 4. The molecule has 0 saturated carbocycles. The molecule has 5 heteroatoms. The number of aliphatic imine (C=N–C) groups is 1. The van der Waals surface area contributed by atoms with Gasteiger partial charge in [-0.05, 0) is 31.0 Å². The molecule has 126 valence electrons. The molecule has 0 bridgehead atoms. The summed E-state index contributed by atoms with van der Waals surface area (Å²) < 4.78 is 18.5. The Bertz CT molecular complexity index is 787. The summed E-state index contributed by atoms with van der Waals surface area (Å²) in [5.41, 5.74) is 3.86. The normalized spacial score (nSPS) is 14.2. The third-order valence-electron chi connectivity index (χ3n) is 4.12. The van der Waals surface area contributed by atoms with Crippen molar-refractivity contribution < 1.29 is 8.95 Å².